The van der Waals surface area contributed by atoms with Gasteiger partial charge in [0.05, 0.1) is 17.7 Å². The number of benzene rings is 2. The van der Waals surface area contributed by atoms with Gasteiger partial charge in [-0.05, 0) is 47.7 Å². The molecular formula is C24H23ClN4O4S. The second kappa shape index (κ2) is 10.3. The molecule has 2 heterocycles. The molecule has 8 nitrogen and oxygen atoms in total. The molecule has 0 radical (unpaired) electrons. The molecule has 0 bridgehead atoms. The van der Waals surface area contributed by atoms with Crippen LogP contribution < -0.4 is 14.2 Å². The summed E-state index contributed by atoms with van der Waals surface area (Å²) >= 11 is 7.41. The number of carbonyl (C=O) groups is 1. The molecule has 176 valence electrons. The zero-order valence-corrected chi connectivity index (χ0v) is 20.4. The monoisotopic (exact) mass is 498 g/mol. The van der Waals surface area contributed by atoms with Crippen LogP contribution in [0.5, 0.6) is 17.2 Å². The van der Waals surface area contributed by atoms with Crippen molar-refractivity contribution in [3.8, 4) is 17.2 Å². The van der Waals surface area contributed by atoms with Crippen molar-refractivity contribution < 1.29 is 19.0 Å². The SMILES string of the molecule is COc1cc(/C=C2/C(=N)N3N=C(C(C)C)SC3=NC2=O)ccc1OCCOc1ccccc1Cl. The number of hydrogen-bond acceptors (Lipinski definition) is 7. The molecule has 0 unspecified atom stereocenters. The highest BCUT2D eigenvalue weighted by Crippen LogP contribution is 2.33. The number of para-hydroxylation sites is 1. The third-order valence-electron chi connectivity index (χ3n) is 4.90. The van der Waals surface area contributed by atoms with Gasteiger partial charge in [-0.3, -0.25) is 10.2 Å². The van der Waals surface area contributed by atoms with E-state index >= 15 is 0 Å². The lowest BCUT2D eigenvalue weighted by atomic mass is 10.1. The Labute approximate surface area is 206 Å². The number of carbonyl (C=O) groups excluding carboxylic acids is 1. The van der Waals surface area contributed by atoms with Crippen molar-refractivity contribution in [1.29, 1.82) is 5.41 Å². The van der Waals surface area contributed by atoms with Gasteiger partial charge in [0.25, 0.3) is 5.91 Å². The highest BCUT2D eigenvalue weighted by atomic mass is 35.5. The number of methoxy groups -OCH3 is 1. The van der Waals surface area contributed by atoms with Gasteiger partial charge in [0.2, 0.25) is 5.17 Å². The van der Waals surface area contributed by atoms with Gasteiger partial charge in [-0.25, -0.2) is 0 Å². The van der Waals surface area contributed by atoms with Crippen LogP contribution in [0.4, 0.5) is 0 Å². The Balaban J connectivity index is 1.45. The normalized spacial score (nSPS) is 16.5. The van der Waals surface area contributed by atoms with Crippen molar-refractivity contribution >= 4 is 51.4 Å². The summed E-state index contributed by atoms with van der Waals surface area (Å²) in [5, 5.41) is 16.1. The van der Waals surface area contributed by atoms with E-state index in [2.05, 4.69) is 10.1 Å². The van der Waals surface area contributed by atoms with Crippen LogP contribution in [-0.4, -0.2) is 47.3 Å². The predicted molar refractivity (Wildman–Crippen MR) is 135 cm³/mol. The molecule has 0 spiro atoms. The highest BCUT2D eigenvalue weighted by molar-refractivity contribution is 8.27. The third kappa shape index (κ3) is 5.10. The van der Waals surface area contributed by atoms with Crippen LogP contribution >= 0.6 is 23.4 Å². The summed E-state index contributed by atoms with van der Waals surface area (Å²) in [5.41, 5.74) is 0.824. The molecule has 2 aliphatic heterocycles. The topological polar surface area (TPSA) is 96.6 Å². The number of fused-ring (bicyclic) bond motifs is 1. The number of nitrogens with one attached hydrogen (secondary N) is 1. The van der Waals surface area contributed by atoms with Gasteiger partial charge in [-0.15, -0.1) is 0 Å². The van der Waals surface area contributed by atoms with Crippen LogP contribution in [0.25, 0.3) is 6.08 Å². The Morgan fingerprint density at radius 2 is 1.85 bits per heavy atom. The maximum atomic E-state index is 12.6. The molecular weight excluding hydrogens is 476 g/mol. The van der Waals surface area contributed by atoms with Crippen molar-refractivity contribution in [3.63, 3.8) is 0 Å². The second-order valence-electron chi connectivity index (χ2n) is 7.65. The molecule has 0 saturated heterocycles. The molecule has 0 aromatic heterocycles. The highest BCUT2D eigenvalue weighted by Gasteiger charge is 2.36. The molecule has 1 N–H and O–H groups in total. The minimum absolute atomic E-state index is 0.00540. The number of halogens is 1. The summed E-state index contributed by atoms with van der Waals surface area (Å²) in [4.78, 5) is 16.7. The molecule has 0 fully saturated rings. The number of hydrogen-bond donors (Lipinski definition) is 1. The number of rotatable bonds is 8. The van der Waals surface area contributed by atoms with E-state index in [1.54, 1.807) is 36.4 Å². The average Bonchev–Trinajstić information content (AvgIpc) is 3.25. The van der Waals surface area contributed by atoms with E-state index in [4.69, 9.17) is 31.2 Å². The summed E-state index contributed by atoms with van der Waals surface area (Å²) in [6.07, 6.45) is 1.60. The van der Waals surface area contributed by atoms with Crippen LogP contribution in [-0.2, 0) is 4.79 Å². The standard InChI is InChI=1S/C24H23ClN4O4S/c1-14(2)23-28-29-21(26)16(22(30)27-24(29)34-23)12-15-8-9-19(20(13-15)31-3)33-11-10-32-18-7-5-4-6-17(18)25/h4-9,12-14,26H,10-11H2,1-3H3/b16-12-,26-21?. The number of thioether (sulfide) groups is 1. The van der Waals surface area contributed by atoms with Gasteiger partial charge in [-0.1, -0.05) is 43.6 Å². The molecule has 1 amide bonds. The van der Waals surface area contributed by atoms with E-state index in [9.17, 15) is 4.79 Å². The predicted octanol–water partition coefficient (Wildman–Crippen LogP) is 5.08. The first kappa shape index (κ1) is 23.8. The molecule has 4 rings (SSSR count). The molecule has 2 aliphatic rings. The summed E-state index contributed by atoms with van der Waals surface area (Å²) in [6.45, 7) is 4.60. The Morgan fingerprint density at radius 1 is 1.12 bits per heavy atom. The maximum Gasteiger partial charge on any atom is 0.283 e. The fraction of sp³-hybridized carbons (Fsp3) is 0.250. The summed E-state index contributed by atoms with van der Waals surface area (Å²) in [6, 6.07) is 12.5. The molecule has 0 atom stereocenters. The molecule has 0 saturated carbocycles. The van der Waals surface area contributed by atoms with E-state index in [0.29, 0.717) is 39.6 Å². The number of ether oxygens (including phenoxy) is 3. The maximum absolute atomic E-state index is 12.6. The third-order valence-corrected chi connectivity index (χ3v) is 6.42. The zero-order valence-electron chi connectivity index (χ0n) is 18.9. The number of aliphatic imine (C=N–C) groups is 1. The largest absolute Gasteiger partial charge is 0.493 e. The van der Waals surface area contributed by atoms with E-state index < -0.39 is 5.91 Å². The molecule has 2 aromatic carbocycles. The van der Waals surface area contributed by atoms with Crippen LogP contribution in [0, 0.1) is 11.3 Å². The first-order valence-corrected chi connectivity index (χ1v) is 11.7. The Bertz CT molecular complexity index is 1230. The van der Waals surface area contributed by atoms with Crippen molar-refractivity contribution in [1.82, 2.24) is 5.01 Å². The number of amidine groups is 2. The summed E-state index contributed by atoms with van der Waals surface area (Å²) in [7, 11) is 1.54. The minimum Gasteiger partial charge on any atom is -0.493 e. The number of amides is 1. The lowest BCUT2D eigenvalue weighted by Gasteiger charge is -2.20. The average molecular weight is 499 g/mol. The fourth-order valence-corrected chi connectivity index (χ4v) is 4.25. The lowest BCUT2D eigenvalue weighted by Crippen LogP contribution is -2.35. The second-order valence-corrected chi connectivity index (χ2v) is 9.05. The molecule has 0 aliphatic carbocycles. The Kier molecular flexibility index (Phi) is 7.23. The van der Waals surface area contributed by atoms with Crippen LogP contribution in [0.15, 0.2) is 58.1 Å². The summed E-state index contributed by atoms with van der Waals surface area (Å²) < 4.78 is 16.9. The lowest BCUT2D eigenvalue weighted by molar-refractivity contribution is -0.114. The first-order valence-electron chi connectivity index (χ1n) is 10.6. The number of nitrogens with zero attached hydrogens (tertiary/aromatic N) is 3. The van der Waals surface area contributed by atoms with Crippen molar-refractivity contribution in [3.05, 3.63) is 58.6 Å². The van der Waals surface area contributed by atoms with Gasteiger partial charge in [-0.2, -0.15) is 15.1 Å². The van der Waals surface area contributed by atoms with Gasteiger partial charge in [0, 0.05) is 5.92 Å². The van der Waals surface area contributed by atoms with E-state index in [0.717, 1.165) is 5.04 Å². The van der Waals surface area contributed by atoms with E-state index in [1.165, 1.54) is 23.9 Å². The number of hydrazone groups is 1. The molecule has 2 aromatic rings. The van der Waals surface area contributed by atoms with Gasteiger partial charge >= 0.3 is 0 Å². The smallest absolute Gasteiger partial charge is 0.283 e. The van der Waals surface area contributed by atoms with Crippen molar-refractivity contribution in [2.45, 2.75) is 13.8 Å². The van der Waals surface area contributed by atoms with Gasteiger partial charge in [0.15, 0.2) is 17.3 Å². The fourth-order valence-electron chi connectivity index (χ4n) is 3.17. The van der Waals surface area contributed by atoms with Gasteiger partial charge < -0.3 is 14.2 Å². The Hall–Kier alpha value is -3.30. The van der Waals surface area contributed by atoms with Crippen molar-refractivity contribution in [2.75, 3.05) is 20.3 Å². The van der Waals surface area contributed by atoms with Gasteiger partial charge in [0.1, 0.15) is 24.0 Å². The van der Waals surface area contributed by atoms with Crippen LogP contribution in [0.2, 0.25) is 5.02 Å². The summed E-state index contributed by atoms with van der Waals surface area (Å²) in [5.74, 6) is 1.31. The minimum atomic E-state index is -0.472. The van der Waals surface area contributed by atoms with Crippen LogP contribution in [0.1, 0.15) is 19.4 Å². The molecule has 34 heavy (non-hydrogen) atoms. The quantitative estimate of drug-likeness (QED) is 0.402. The Morgan fingerprint density at radius 3 is 2.56 bits per heavy atom. The van der Waals surface area contributed by atoms with Crippen molar-refractivity contribution in [2.24, 2.45) is 16.0 Å². The first-order chi connectivity index (χ1) is 16.4. The van der Waals surface area contributed by atoms with E-state index in [1.807, 2.05) is 26.0 Å². The van der Waals surface area contributed by atoms with Crippen LogP contribution in [0.3, 0.4) is 0 Å². The zero-order chi connectivity index (χ0) is 24.2. The molecule has 10 heteroatoms. The van der Waals surface area contributed by atoms with E-state index in [-0.39, 0.29) is 23.9 Å².